The van der Waals surface area contributed by atoms with E-state index in [-0.39, 0.29) is 10.9 Å². The second kappa shape index (κ2) is 5.45. The van der Waals surface area contributed by atoms with E-state index in [0.717, 1.165) is 6.42 Å². The Labute approximate surface area is 123 Å². The van der Waals surface area contributed by atoms with Crippen molar-refractivity contribution in [3.8, 4) is 5.75 Å². The molecule has 2 heterocycles. The number of nitrogens with zero attached hydrogens (tertiary/aromatic N) is 4. The summed E-state index contributed by atoms with van der Waals surface area (Å²) in [5, 5.41) is 7.70. The molecule has 1 aromatic carbocycles. The van der Waals surface area contributed by atoms with Crippen molar-refractivity contribution in [3.63, 3.8) is 0 Å². The van der Waals surface area contributed by atoms with E-state index in [1.54, 1.807) is 48.5 Å². The van der Waals surface area contributed by atoms with Crippen LogP contribution >= 0.6 is 0 Å². The molecule has 1 aliphatic rings. The van der Waals surface area contributed by atoms with Gasteiger partial charge in [0, 0.05) is 19.3 Å². The molecule has 112 valence electrons. The van der Waals surface area contributed by atoms with E-state index < -0.39 is 10.0 Å². The third-order valence-electron chi connectivity index (χ3n) is 3.64. The zero-order chi connectivity index (χ0) is 14.9. The molecule has 0 unspecified atom stereocenters. The number of benzene rings is 1. The summed E-state index contributed by atoms with van der Waals surface area (Å²) in [5.74, 6) is 0.635. The Bertz CT molecular complexity index is 698. The molecule has 21 heavy (non-hydrogen) atoms. The van der Waals surface area contributed by atoms with Gasteiger partial charge >= 0.3 is 0 Å². The fourth-order valence-corrected chi connectivity index (χ4v) is 3.95. The van der Waals surface area contributed by atoms with Crippen molar-refractivity contribution in [1.82, 2.24) is 19.3 Å². The maximum atomic E-state index is 12.6. The number of sulfonamides is 1. The molecule has 0 aliphatic carbocycles. The van der Waals surface area contributed by atoms with Gasteiger partial charge in [0.1, 0.15) is 5.75 Å². The normalized spacial score (nSPS) is 19.8. The van der Waals surface area contributed by atoms with Crippen LogP contribution in [-0.4, -0.2) is 47.9 Å². The summed E-state index contributed by atoms with van der Waals surface area (Å²) < 4.78 is 33.4. The fourth-order valence-electron chi connectivity index (χ4n) is 2.45. The Hall–Kier alpha value is -1.93. The van der Waals surface area contributed by atoms with E-state index in [1.165, 1.54) is 4.31 Å². The molecule has 0 N–H and O–H groups in total. The molecule has 1 saturated heterocycles. The maximum absolute atomic E-state index is 12.6. The van der Waals surface area contributed by atoms with E-state index in [0.29, 0.717) is 18.8 Å². The third kappa shape index (κ3) is 2.64. The lowest BCUT2D eigenvalue weighted by Crippen LogP contribution is -2.29. The second-order valence-electron chi connectivity index (χ2n) is 4.86. The minimum atomic E-state index is -3.47. The van der Waals surface area contributed by atoms with Gasteiger partial charge in [-0.1, -0.05) is 5.21 Å². The smallest absolute Gasteiger partial charge is 0.243 e. The molecule has 1 fully saturated rings. The highest BCUT2D eigenvalue weighted by molar-refractivity contribution is 7.89. The maximum Gasteiger partial charge on any atom is 0.243 e. The predicted octanol–water partition coefficient (Wildman–Crippen LogP) is 0.922. The second-order valence-corrected chi connectivity index (χ2v) is 6.80. The first-order chi connectivity index (χ1) is 10.1. The molecule has 0 bridgehead atoms. The number of methoxy groups -OCH3 is 1. The summed E-state index contributed by atoms with van der Waals surface area (Å²) in [4.78, 5) is 0.280. The molecule has 0 amide bonds. The van der Waals surface area contributed by atoms with Crippen molar-refractivity contribution < 1.29 is 13.2 Å². The first-order valence-electron chi connectivity index (χ1n) is 6.61. The Morgan fingerprint density at radius 2 is 2.05 bits per heavy atom. The van der Waals surface area contributed by atoms with Crippen molar-refractivity contribution in [2.45, 2.75) is 17.4 Å². The highest BCUT2D eigenvalue weighted by Crippen LogP contribution is 2.27. The van der Waals surface area contributed by atoms with Crippen molar-refractivity contribution in [2.75, 3.05) is 20.2 Å². The van der Waals surface area contributed by atoms with Gasteiger partial charge in [-0.2, -0.15) is 4.31 Å². The van der Waals surface area contributed by atoms with Gasteiger partial charge in [0.05, 0.1) is 24.2 Å². The van der Waals surface area contributed by atoms with E-state index >= 15 is 0 Å². The monoisotopic (exact) mass is 308 g/mol. The van der Waals surface area contributed by atoms with Crippen molar-refractivity contribution in [1.29, 1.82) is 0 Å². The SMILES string of the molecule is COc1ccc(S(=O)(=O)N2CC[C@@H](n3ccnn3)C2)cc1. The van der Waals surface area contributed by atoms with E-state index in [1.807, 2.05) is 0 Å². The molecule has 2 aromatic rings. The topological polar surface area (TPSA) is 77.3 Å². The van der Waals surface area contributed by atoms with Crippen LogP contribution in [-0.2, 0) is 10.0 Å². The minimum Gasteiger partial charge on any atom is -0.497 e. The Morgan fingerprint density at radius 3 is 2.67 bits per heavy atom. The Balaban J connectivity index is 1.79. The number of aromatic nitrogens is 3. The number of hydrogen-bond acceptors (Lipinski definition) is 5. The van der Waals surface area contributed by atoms with Gasteiger partial charge in [-0.25, -0.2) is 13.1 Å². The summed E-state index contributed by atoms with van der Waals surface area (Å²) >= 11 is 0. The van der Waals surface area contributed by atoms with Crippen molar-refractivity contribution in [3.05, 3.63) is 36.7 Å². The molecule has 1 aliphatic heterocycles. The summed E-state index contributed by atoms with van der Waals surface area (Å²) in [6, 6.07) is 6.48. The fraction of sp³-hybridized carbons (Fsp3) is 0.385. The van der Waals surface area contributed by atoms with Gasteiger partial charge in [0.2, 0.25) is 10.0 Å². The Kier molecular flexibility index (Phi) is 3.64. The first-order valence-corrected chi connectivity index (χ1v) is 8.05. The minimum absolute atomic E-state index is 0.0422. The van der Waals surface area contributed by atoms with E-state index in [2.05, 4.69) is 10.3 Å². The van der Waals surface area contributed by atoms with Gasteiger partial charge in [-0.05, 0) is 30.7 Å². The van der Waals surface area contributed by atoms with Crippen molar-refractivity contribution >= 4 is 10.0 Å². The average Bonchev–Trinajstić information content (AvgIpc) is 3.18. The molecule has 0 saturated carbocycles. The molecular weight excluding hydrogens is 292 g/mol. The summed E-state index contributed by atoms with van der Waals surface area (Å²) in [7, 11) is -1.92. The van der Waals surface area contributed by atoms with Crippen LogP contribution < -0.4 is 4.74 Å². The van der Waals surface area contributed by atoms with Gasteiger partial charge < -0.3 is 4.74 Å². The van der Waals surface area contributed by atoms with Gasteiger partial charge in [0.25, 0.3) is 0 Å². The lowest BCUT2D eigenvalue weighted by Gasteiger charge is -2.16. The van der Waals surface area contributed by atoms with Gasteiger partial charge in [-0.3, -0.25) is 0 Å². The predicted molar refractivity (Wildman–Crippen MR) is 75.4 cm³/mol. The quantitative estimate of drug-likeness (QED) is 0.839. The van der Waals surface area contributed by atoms with Crippen LogP contribution in [0.1, 0.15) is 12.5 Å². The first kappa shape index (κ1) is 14.0. The molecule has 0 spiro atoms. The summed E-state index contributed by atoms with van der Waals surface area (Å²) in [5.41, 5.74) is 0. The lowest BCUT2D eigenvalue weighted by atomic mass is 10.3. The molecule has 3 rings (SSSR count). The zero-order valence-electron chi connectivity index (χ0n) is 11.6. The summed E-state index contributed by atoms with van der Waals surface area (Å²) in [6.07, 6.45) is 4.09. The summed E-state index contributed by atoms with van der Waals surface area (Å²) in [6.45, 7) is 0.899. The molecular formula is C13H16N4O3S. The van der Waals surface area contributed by atoms with Crippen LogP contribution in [0.5, 0.6) is 5.75 Å². The van der Waals surface area contributed by atoms with Crippen LogP contribution in [0.2, 0.25) is 0 Å². The molecule has 1 aromatic heterocycles. The van der Waals surface area contributed by atoms with Crippen LogP contribution in [0.4, 0.5) is 0 Å². The molecule has 7 nitrogen and oxygen atoms in total. The largest absolute Gasteiger partial charge is 0.497 e. The van der Waals surface area contributed by atoms with Crippen LogP contribution in [0, 0.1) is 0 Å². The van der Waals surface area contributed by atoms with E-state index in [9.17, 15) is 8.42 Å². The Morgan fingerprint density at radius 1 is 1.29 bits per heavy atom. The number of rotatable bonds is 4. The third-order valence-corrected chi connectivity index (χ3v) is 5.52. The molecule has 1 atom stereocenters. The molecule has 0 radical (unpaired) electrons. The van der Waals surface area contributed by atoms with Crippen molar-refractivity contribution in [2.24, 2.45) is 0 Å². The van der Waals surface area contributed by atoms with Gasteiger partial charge in [0.15, 0.2) is 0 Å². The standard InChI is InChI=1S/C13H16N4O3S/c1-20-12-2-4-13(5-3-12)21(18,19)16-8-6-11(10-16)17-9-7-14-15-17/h2-5,7,9,11H,6,8,10H2,1H3/t11-/m1/s1. The van der Waals surface area contributed by atoms with Crippen LogP contribution in [0.25, 0.3) is 0 Å². The molecule has 8 heteroatoms. The van der Waals surface area contributed by atoms with E-state index in [4.69, 9.17) is 4.74 Å². The van der Waals surface area contributed by atoms with Crippen LogP contribution in [0.3, 0.4) is 0 Å². The van der Waals surface area contributed by atoms with Gasteiger partial charge in [-0.15, -0.1) is 5.10 Å². The zero-order valence-corrected chi connectivity index (χ0v) is 12.4. The number of ether oxygens (including phenoxy) is 1. The number of hydrogen-bond donors (Lipinski definition) is 0. The highest BCUT2D eigenvalue weighted by atomic mass is 32.2. The lowest BCUT2D eigenvalue weighted by molar-refractivity contribution is 0.414. The van der Waals surface area contributed by atoms with Crippen LogP contribution in [0.15, 0.2) is 41.6 Å². The average molecular weight is 308 g/mol. The highest BCUT2D eigenvalue weighted by Gasteiger charge is 2.33.